The summed E-state index contributed by atoms with van der Waals surface area (Å²) in [4.78, 5) is 14.0. The number of anilines is 1. The lowest BCUT2D eigenvalue weighted by molar-refractivity contribution is 0.214. The van der Waals surface area contributed by atoms with Gasteiger partial charge in [-0.2, -0.15) is 0 Å². The van der Waals surface area contributed by atoms with Crippen LogP contribution in [0.4, 0.5) is 10.5 Å². The highest BCUT2D eigenvalue weighted by atomic mass is 16.2. The molecule has 1 unspecified atom stereocenters. The van der Waals surface area contributed by atoms with Crippen molar-refractivity contribution >= 4 is 11.7 Å². The fourth-order valence-electron chi connectivity index (χ4n) is 2.35. The van der Waals surface area contributed by atoms with E-state index in [1.165, 1.54) is 12.8 Å². The van der Waals surface area contributed by atoms with E-state index in [1.54, 1.807) is 0 Å². The number of benzene rings is 1. The minimum Gasteiger partial charge on any atom is -0.325 e. The van der Waals surface area contributed by atoms with Gasteiger partial charge in [0.05, 0.1) is 0 Å². The van der Waals surface area contributed by atoms with Crippen LogP contribution in [0.15, 0.2) is 24.3 Å². The van der Waals surface area contributed by atoms with Crippen LogP contribution in [0.2, 0.25) is 0 Å². The molecule has 0 saturated carbocycles. The summed E-state index contributed by atoms with van der Waals surface area (Å²) in [5, 5.41) is 2.95. The maximum absolute atomic E-state index is 12.1. The number of nitrogens with two attached hydrogens (primary N) is 1. The Morgan fingerprint density at radius 1 is 1.16 bits per heavy atom. The Balaban J connectivity index is 1.94. The van der Waals surface area contributed by atoms with Gasteiger partial charge >= 0.3 is 6.03 Å². The number of amides is 2. The van der Waals surface area contributed by atoms with E-state index in [9.17, 15) is 4.79 Å². The van der Waals surface area contributed by atoms with Crippen molar-refractivity contribution in [1.82, 2.24) is 4.90 Å². The SMILES string of the molecule is CC(N)c1ccc(NC(=O)N2CCCCCC2)cc1. The Labute approximate surface area is 115 Å². The number of hydrogen-bond donors (Lipinski definition) is 2. The molecule has 1 aromatic rings. The van der Waals surface area contributed by atoms with E-state index >= 15 is 0 Å². The molecule has 4 nitrogen and oxygen atoms in total. The number of hydrogen-bond acceptors (Lipinski definition) is 2. The molecule has 104 valence electrons. The van der Waals surface area contributed by atoms with E-state index < -0.39 is 0 Å². The molecule has 2 rings (SSSR count). The van der Waals surface area contributed by atoms with Gasteiger partial charge in [0.25, 0.3) is 0 Å². The first-order valence-corrected chi connectivity index (χ1v) is 7.08. The molecule has 1 aliphatic heterocycles. The van der Waals surface area contributed by atoms with Crippen LogP contribution in [0.5, 0.6) is 0 Å². The highest BCUT2D eigenvalue weighted by Crippen LogP contribution is 2.16. The zero-order valence-electron chi connectivity index (χ0n) is 11.6. The third-order valence-corrected chi connectivity index (χ3v) is 3.58. The van der Waals surface area contributed by atoms with E-state index in [4.69, 9.17) is 5.73 Å². The molecule has 0 spiro atoms. The normalized spacial score (nSPS) is 17.7. The Morgan fingerprint density at radius 2 is 1.74 bits per heavy atom. The zero-order valence-corrected chi connectivity index (χ0v) is 11.6. The van der Waals surface area contributed by atoms with E-state index in [2.05, 4.69) is 5.32 Å². The van der Waals surface area contributed by atoms with Crippen molar-refractivity contribution in [3.05, 3.63) is 29.8 Å². The van der Waals surface area contributed by atoms with E-state index in [-0.39, 0.29) is 12.1 Å². The van der Waals surface area contributed by atoms with Crippen LogP contribution < -0.4 is 11.1 Å². The molecule has 3 N–H and O–H groups in total. The topological polar surface area (TPSA) is 58.4 Å². The molecule has 0 aromatic heterocycles. The second-order valence-corrected chi connectivity index (χ2v) is 5.24. The van der Waals surface area contributed by atoms with Crippen LogP contribution in [-0.4, -0.2) is 24.0 Å². The molecule has 4 heteroatoms. The number of likely N-dealkylation sites (tertiary alicyclic amines) is 1. The number of urea groups is 1. The Bertz CT molecular complexity index is 406. The van der Waals surface area contributed by atoms with E-state index in [0.717, 1.165) is 37.2 Å². The smallest absolute Gasteiger partial charge is 0.321 e. The Hall–Kier alpha value is -1.55. The molecule has 0 aliphatic carbocycles. The summed E-state index contributed by atoms with van der Waals surface area (Å²) < 4.78 is 0. The minimum atomic E-state index is 0.00967. The first kappa shape index (κ1) is 13.9. The number of carbonyl (C=O) groups is 1. The highest BCUT2D eigenvalue weighted by molar-refractivity contribution is 5.89. The van der Waals surface area contributed by atoms with Gasteiger partial charge < -0.3 is 16.0 Å². The quantitative estimate of drug-likeness (QED) is 0.859. The van der Waals surface area contributed by atoms with E-state index in [1.807, 2.05) is 36.1 Å². The predicted octanol–water partition coefficient (Wildman–Crippen LogP) is 3.11. The average molecular weight is 261 g/mol. The number of carbonyl (C=O) groups excluding carboxylic acids is 1. The summed E-state index contributed by atoms with van der Waals surface area (Å²) in [6, 6.07) is 7.78. The van der Waals surface area contributed by atoms with Crippen LogP contribution in [0, 0.1) is 0 Å². The van der Waals surface area contributed by atoms with Gasteiger partial charge in [0.15, 0.2) is 0 Å². The van der Waals surface area contributed by atoms with Crippen molar-refractivity contribution in [2.24, 2.45) is 5.73 Å². The third kappa shape index (κ3) is 3.96. The Kier molecular flexibility index (Phi) is 4.80. The molecule has 1 fully saturated rings. The fourth-order valence-corrected chi connectivity index (χ4v) is 2.35. The standard InChI is InChI=1S/C15H23N3O/c1-12(16)13-6-8-14(9-7-13)17-15(19)18-10-4-2-3-5-11-18/h6-9,12H,2-5,10-11,16H2,1H3,(H,17,19). The molecular formula is C15H23N3O. The second-order valence-electron chi connectivity index (χ2n) is 5.24. The first-order chi connectivity index (χ1) is 9.16. The van der Waals surface area contributed by atoms with Crippen molar-refractivity contribution < 1.29 is 4.79 Å². The van der Waals surface area contributed by atoms with E-state index in [0.29, 0.717) is 0 Å². The monoisotopic (exact) mass is 261 g/mol. The van der Waals surface area contributed by atoms with Crippen LogP contribution in [0.1, 0.15) is 44.2 Å². The van der Waals surface area contributed by atoms with Crippen molar-refractivity contribution in [3.63, 3.8) is 0 Å². The van der Waals surface area contributed by atoms with Crippen molar-refractivity contribution in [2.75, 3.05) is 18.4 Å². The summed E-state index contributed by atoms with van der Waals surface area (Å²) in [7, 11) is 0. The summed E-state index contributed by atoms with van der Waals surface area (Å²) in [6.45, 7) is 3.68. The lowest BCUT2D eigenvalue weighted by Gasteiger charge is -2.21. The molecule has 0 bridgehead atoms. The van der Waals surface area contributed by atoms with Gasteiger partial charge in [0.2, 0.25) is 0 Å². The van der Waals surface area contributed by atoms with Crippen LogP contribution in [-0.2, 0) is 0 Å². The maximum Gasteiger partial charge on any atom is 0.321 e. The Morgan fingerprint density at radius 3 is 2.26 bits per heavy atom. The molecular weight excluding hydrogens is 238 g/mol. The summed E-state index contributed by atoms with van der Waals surface area (Å²) in [5.41, 5.74) is 7.71. The summed E-state index contributed by atoms with van der Waals surface area (Å²) in [5.74, 6) is 0. The zero-order chi connectivity index (χ0) is 13.7. The predicted molar refractivity (Wildman–Crippen MR) is 78.1 cm³/mol. The number of nitrogens with zero attached hydrogens (tertiary/aromatic N) is 1. The molecule has 1 atom stereocenters. The molecule has 2 amide bonds. The third-order valence-electron chi connectivity index (χ3n) is 3.58. The highest BCUT2D eigenvalue weighted by Gasteiger charge is 2.15. The van der Waals surface area contributed by atoms with Crippen LogP contribution in [0.25, 0.3) is 0 Å². The average Bonchev–Trinajstić information content (AvgIpc) is 2.68. The largest absolute Gasteiger partial charge is 0.325 e. The van der Waals surface area contributed by atoms with Gasteiger partial charge in [0, 0.05) is 24.8 Å². The van der Waals surface area contributed by atoms with Gasteiger partial charge in [-0.3, -0.25) is 0 Å². The molecule has 1 saturated heterocycles. The van der Waals surface area contributed by atoms with Gasteiger partial charge in [-0.25, -0.2) is 4.79 Å². The first-order valence-electron chi connectivity index (χ1n) is 7.08. The summed E-state index contributed by atoms with van der Waals surface area (Å²) >= 11 is 0. The maximum atomic E-state index is 12.1. The number of rotatable bonds is 2. The molecule has 1 aromatic carbocycles. The lowest BCUT2D eigenvalue weighted by Crippen LogP contribution is -2.35. The van der Waals surface area contributed by atoms with Crippen LogP contribution >= 0.6 is 0 Å². The fraction of sp³-hybridized carbons (Fsp3) is 0.533. The van der Waals surface area contributed by atoms with Crippen molar-refractivity contribution in [2.45, 2.75) is 38.6 Å². The van der Waals surface area contributed by atoms with Gasteiger partial charge in [-0.15, -0.1) is 0 Å². The van der Waals surface area contributed by atoms with Crippen molar-refractivity contribution in [3.8, 4) is 0 Å². The van der Waals surface area contributed by atoms with Crippen molar-refractivity contribution in [1.29, 1.82) is 0 Å². The van der Waals surface area contributed by atoms with Crippen LogP contribution in [0.3, 0.4) is 0 Å². The van der Waals surface area contributed by atoms with Gasteiger partial charge in [0.1, 0.15) is 0 Å². The molecule has 19 heavy (non-hydrogen) atoms. The second kappa shape index (κ2) is 6.57. The molecule has 1 aliphatic rings. The lowest BCUT2D eigenvalue weighted by atomic mass is 10.1. The van der Waals surface area contributed by atoms with Gasteiger partial charge in [-0.05, 0) is 37.5 Å². The molecule has 1 heterocycles. The molecule has 0 radical (unpaired) electrons. The minimum absolute atomic E-state index is 0.00967. The van der Waals surface area contributed by atoms with Gasteiger partial charge in [-0.1, -0.05) is 25.0 Å². The number of nitrogens with one attached hydrogen (secondary N) is 1. The summed E-state index contributed by atoms with van der Waals surface area (Å²) in [6.07, 6.45) is 4.67.